The topological polar surface area (TPSA) is 24.9 Å². The summed E-state index contributed by atoms with van der Waals surface area (Å²) < 4.78 is 0. The summed E-state index contributed by atoms with van der Waals surface area (Å²) in [7, 11) is 0. The zero-order chi connectivity index (χ0) is 22.4. The molecule has 1 aromatic carbocycles. The Bertz CT molecular complexity index is 876. The maximum absolute atomic E-state index is 5.01. The van der Waals surface area contributed by atoms with Crippen molar-refractivity contribution in [1.29, 1.82) is 0 Å². The van der Waals surface area contributed by atoms with E-state index in [4.69, 9.17) is 4.98 Å². The molecule has 2 heterocycles. The molecule has 2 nitrogen and oxygen atoms in total. The van der Waals surface area contributed by atoms with Gasteiger partial charge in [0.05, 0.1) is 5.03 Å². The standard InChI is InChI=1S/C28H38N2S2/c1-23(2)27-17-16-25(22-26-15-11-21-31-26)28(30-27)32-20-9-4-3-8-18-29-19-10-14-24-12-6-5-7-13-24/h5-7,11-13,15-17,21,23,29H,3-4,8-10,14,18-20,22H2,1-2H3. The van der Waals surface area contributed by atoms with Gasteiger partial charge in [-0.3, -0.25) is 0 Å². The number of rotatable bonds is 15. The van der Waals surface area contributed by atoms with Crippen LogP contribution in [0.5, 0.6) is 0 Å². The van der Waals surface area contributed by atoms with E-state index in [9.17, 15) is 0 Å². The number of aromatic nitrogens is 1. The summed E-state index contributed by atoms with van der Waals surface area (Å²) in [6.45, 7) is 6.72. The highest BCUT2D eigenvalue weighted by Gasteiger charge is 2.10. The molecule has 0 amide bonds. The van der Waals surface area contributed by atoms with E-state index < -0.39 is 0 Å². The second-order valence-corrected chi connectivity index (χ2v) is 10.8. The van der Waals surface area contributed by atoms with Gasteiger partial charge in [-0.15, -0.1) is 23.1 Å². The van der Waals surface area contributed by atoms with E-state index in [0.717, 1.165) is 25.3 Å². The van der Waals surface area contributed by atoms with E-state index in [2.05, 4.69) is 79.1 Å². The van der Waals surface area contributed by atoms with Crippen molar-refractivity contribution < 1.29 is 0 Å². The minimum absolute atomic E-state index is 0.477. The smallest absolute Gasteiger partial charge is 0.0998 e. The quantitative estimate of drug-likeness (QED) is 0.183. The number of benzene rings is 1. The number of unbranched alkanes of at least 4 members (excludes halogenated alkanes) is 3. The number of hydrogen-bond donors (Lipinski definition) is 1. The van der Waals surface area contributed by atoms with Crippen LogP contribution in [0, 0.1) is 0 Å². The lowest BCUT2D eigenvalue weighted by atomic mass is 10.1. The molecule has 0 fully saturated rings. The molecule has 3 rings (SSSR count). The largest absolute Gasteiger partial charge is 0.317 e. The first-order chi connectivity index (χ1) is 15.7. The minimum Gasteiger partial charge on any atom is -0.317 e. The normalized spacial score (nSPS) is 11.3. The summed E-state index contributed by atoms with van der Waals surface area (Å²) in [5.41, 5.74) is 4.03. The maximum atomic E-state index is 5.01. The molecule has 0 radical (unpaired) electrons. The van der Waals surface area contributed by atoms with E-state index in [1.807, 2.05) is 23.1 Å². The Morgan fingerprint density at radius 1 is 0.875 bits per heavy atom. The number of aryl methyl sites for hydroxylation is 1. The molecule has 0 aliphatic rings. The summed E-state index contributed by atoms with van der Waals surface area (Å²) >= 11 is 3.79. The van der Waals surface area contributed by atoms with Crippen LogP contribution in [0.1, 0.15) is 73.6 Å². The van der Waals surface area contributed by atoms with Gasteiger partial charge in [-0.05, 0) is 79.1 Å². The van der Waals surface area contributed by atoms with Gasteiger partial charge in [-0.25, -0.2) is 4.98 Å². The SMILES string of the molecule is CC(C)c1ccc(Cc2cccs2)c(SCCCCCCNCCCc2ccccc2)n1. The predicted octanol–water partition coefficient (Wildman–Crippen LogP) is 7.73. The van der Waals surface area contributed by atoms with Crippen LogP contribution in [0.2, 0.25) is 0 Å². The van der Waals surface area contributed by atoms with Crippen LogP contribution in [-0.4, -0.2) is 23.8 Å². The first kappa shape index (κ1) is 25.0. The molecule has 0 unspecified atom stereocenters. The van der Waals surface area contributed by atoms with Gasteiger partial charge in [-0.2, -0.15) is 0 Å². The van der Waals surface area contributed by atoms with Crippen LogP contribution >= 0.6 is 23.1 Å². The minimum atomic E-state index is 0.477. The summed E-state index contributed by atoms with van der Waals surface area (Å²) in [6, 6.07) is 19.7. The molecule has 0 bridgehead atoms. The number of thiophene rings is 1. The number of pyridine rings is 1. The molecule has 0 aliphatic heterocycles. The van der Waals surface area contributed by atoms with Crippen LogP contribution in [0.25, 0.3) is 0 Å². The van der Waals surface area contributed by atoms with E-state index in [1.54, 1.807) is 0 Å². The zero-order valence-corrected chi connectivity index (χ0v) is 21.3. The van der Waals surface area contributed by atoms with E-state index >= 15 is 0 Å². The highest BCUT2D eigenvalue weighted by Crippen LogP contribution is 2.27. The van der Waals surface area contributed by atoms with Crippen molar-refractivity contribution in [1.82, 2.24) is 10.3 Å². The van der Waals surface area contributed by atoms with Gasteiger partial charge < -0.3 is 5.32 Å². The first-order valence-electron chi connectivity index (χ1n) is 12.1. The molecule has 2 aromatic heterocycles. The lowest BCUT2D eigenvalue weighted by Gasteiger charge is -2.12. The Balaban J connectivity index is 1.29. The molecule has 0 aliphatic carbocycles. The van der Waals surface area contributed by atoms with E-state index in [1.165, 1.54) is 65.2 Å². The maximum Gasteiger partial charge on any atom is 0.0998 e. The van der Waals surface area contributed by atoms with Crippen molar-refractivity contribution in [3.63, 3.8) is 0 Å². The van der Waals surface area contributed by atoms with Crippen molar-refractivity contribution in [2.45, 2.75) is 69.7 Å². The van der Waals surface area contributed by atoms with Gasteiger partial charge in [0.25, 0.3) is 0 Å². The van der Waals surface area contributed by atoms with Crippen LogP contribution < -0.4 is 5.32 Å². The molecule has 0 saturated carbocycles. The second kappa shape index (κ2) is 14.5. The third-order valence-electron chi connectivity index (χ3n) is 5.65. The molecule has 1 N–H and O–H groups in total. The average molecular weight is 467 g/mol. The number of thioether (sulfide) groups is 1. The molecule has 172 valence electrons. The van der Waals surface area contributed by atoms with Crippen molar-refractivity contribution >= 4 is 23.1 Å². The zero-order valence-electron chi connectivity index (χ0n) is 19.7. The Morgan fingerprint density at radius 3 is 2.47 bits per heavy atom. The van der Waals surface area contributed by atoms with Gasteiger partial charge in [-0.1, -0.05) is 69.2 Å². The van der Waals surface area contributed by atoms with E-state index in [0.29, 0.717) is 5.92 Å². The van der Waals surface area contributed by atoms with Crippen LogP contribution in [0.3, 0.4) is 0 Å². The molecule has 3 aromatic rings. The fourth-order valence-electron chi connectivity index (χ4n) is 3.73. The van der Waals surface area contributed by atoms with Gasteiger partial charge >= 0.3 is 0 Å². The predicted molar refractivity (Wildman–Crippen MR) is 142 cm³/mol. The summed E-state index contributed by atoms with van der Waals surface area (Å²) in [5, 5.41) is 7.01. The van der Waals surface area contributed by atoms with Gasteiger partial charge in [0, 0.05) is 17.0 Å². The first-order valence-corrected chi connectivity index (χ1v) is 14.0. The number of nitrogens with one attached hydrogen (secondary N) is 1. The monoisotopic (exact) mass is 466 g/mol. The van der Waals surface area contributed by atoms with E-state index in [-0.39, 0.29) is 0 Å². The molecule has 32 heavy (non-hydrogen) atoms. The third-order valence-corrected chi connectivity index (χ3v) is 7.64. The summed E-state index contributed by atoms with van der Waals surface area (Å²) in [5.74, 6) is 1.64. The van der Waals surface area contributed by atoms with Crippen LogP contribution in [0.4, 0.5) is 0 Å². The van der Waals surface area contributed by atoms with Crippen LogP contribution in [-0.2, 0) is 12.8 Å². The van der Waals surface area contributed by atoms with Crippen molar-refractivity contribution in [2.75, 3.05) is 18.8 Å². The van der Waals surface area contributed by atoms with Crippen molar-refractivity contribution in [2.24, 2.45) is 0 Å². The lowest BCUT2D eigenvalue weighted by Crippen LogP contribution is -2.17. The molecule has 4 heteroatoms. The number of nitrogens with zero attached hydrogens (tertiary/aromatic N) is 1. The Hall–Kier alpha value is -1.62. The van der Waals surface area contributed by atoms with Crippen molar-refractivity contribution in [3.8, 4) is 0 Å². The molecule has 0 atom stereocenters. The van der Waals surface area contributed by atoms with Crippen molar-refractivity contribution in [3.05, 3.63) is 81.7 Å². The fourth-order valence-corrected chi connectivity index (χ4v) is 5.49. The van der Waals surface area contributed by atoms with Gasteiger partial charge in [0.15, 0.2) is 0 Å². The second-order valence-electron chi connectivity index (χ2n) is 8.71. The molecular formula is C28H38N2S2. The Labute approximate surface area is 203 Å². The Morgan fingerprint density at radius 2 is 1.69 bits per heavy atom. The number of hydrogen-bond acceptors (Lipinski definition) is 4. The van der Waals surface area contributed by atoms with Crippen LogP contribution in [0.15, 0.2) is 65.0 Å². The Kier molecular flexibility index (Phi) is 11.3. The summed E-state index contributed by atoms with van der Waals surface area (Å²) in [4.78, 5) is 6.43. The highest BCUT2D eigenvalue weighted by atomic mass is 32.2. The summed E-state index contributed by atoms with van der Waals surface area (Å²) in [6.07, 6.45) is 8.56. The lowest BCUT2D eigenvalue weighted by molar-refractivity contribution is 0.586. The highest BCUT2D eigenvalue weighted by molar-refractivity contribution is 7.99. The molecular weight excluding hydrogens is 428 g/mol. The molecule has 0 saturated heterocycles. The fraction of sp³-hybridized carbons (Fsp3) is 0.464. The van der Waals surface area contributed by atoms with Gasteiger partial charge in [0.2, 0.25) is 0 Å². The molecule has 0 spiro atoms. The average Bonchev–Trinajstić information content (AvgIpc) is 3.32. The third kappa shape index (κ3) is 9.09. The van der Waals surface area contributed by atoms with Gasteiger partial charge in [0.1, 0.15) is 0 Å².